The van der Waals surface area contributed by atoms with E-state index in [2.05, 4.69) is 30.4 Å². The van der Waals surface area contributed by atoms with E-state index in [1.165, 1.54) is 0 Å². The van der Waals surface area contributed by atoms with E-state index < -0.39 is 16.0 Å². The number of rotatable bonds is 8. The first-order chi connectivity index (χ1) is 17.9. The minimum Gasteiger partial charge on any atom is -0.481 e. The van der Waals surface area contributed by atoms with E-state index in [9.17, 15) is 18.0 Å². The van der Waals surface area contributed by atoms with Gasteiger partial charge in [0.1, 0.15) is 0 Å². The van der Waals surface area contributed by atoms with Gasteiger partial charge in [-0.1, -0.05) is 57.2 Å². The van der Waals surface area contributed by atoms with Crippen molar-refractivity contribution in [2.24, 2.45) is 11.3 Å². The van der Waals surface area contributed by atoms with E-state index in [4.69, 9.17) is 5.11 Å². The Morgan fingerprint density at radius 1 is 0.921 bits per heavy atom. The van der Waals surface area contributed by atoms with Gasteiger partial charge in [0.2, 0.25) is 15.9 Å². The van der Waals surface area contributed by atoms with Gasteiger partial charge in [0.15, 0.2) is 0 Å². The normalized spacial score (nSPS) is 22.4. The van der Waals surface area contributed by atoms with Crippen molar-refractivity contribution in [2.75, 3.05) is 6.54 Å². The first-order valence-electron chi connectivity index (χ1n) is 13.7. The number of nitrogens with zero attached hydrogens (tertiary/aromatic N) is 1. The number of carboxylic acids is 1. The van der Waals surface area contributed by atoms with Gasteiger partial charge in [-0.05, 0) is 79.2 Å². The molecule has 2 aromatic carbocycles. The van der Waals surface area contributed by atoms with Crippen LogP contribution in [-0.2, 0) is 26.0 Å². The van der Waals surface area contributed by atoms with Crippen LogP contribution in [0.1, 0.15) is 71.3 Å². The third kappa shape index (κ3) is 6.83. The van der Waals surface area contributed by atoms with Crippen LogP contribution in [0.2, 0.25) is 0 Å². The molecule has 7 nitrogen and oxygen atoms in total. The Labute approximate surface area is 226 Å². The number of hydrogen-bond donors (Lipinski definition) is 2. The fourth-order valence-corrected chi connectivity index (χ4v) is 7.16. The van der Waals surface area contributed by atoms with E-state index in [1.807, 2.05) is 24.3 Å². The summed E-state index contributed by atoms with van der Waals surface area (Å²) in [4.78, 5) is 26.3. The molecule has 1 heterocycles. The number of aliphatic carboxylic acids is 1. The highest BCUT2D eigenvalue weighted by Crippen LogP contribution is 2.36. The first kappa shape index (κ1) is 28.3. The van der Waals surface area contributed by atoms with Crippen LogP contribution in [-0.4, -0.2) is 48.9 Å². The van der Waals surface area contributed by atoms with Crippen LogP contribution in [0, 0.1) is 11.3 Å². The number of carboxylic acid groups (broad SMARTS) is 1. The lowest BCUT2D eigenvalue weighted by atomic mass is 9.82. The molecule has 2 N–H and O–H groups in total. The van der Waals surface area contributed by atoms with Crippen molar-refractivity contribution in [3.8, 4) is 11.1 Å². The van der Waals surface area contributed by atoms with Crippen molar-refractivity contribution in [1.29, 1.82) is 0 Å². The lowest BCUT2D eigenvalue weighted by molar-refractivity contribution is -0.139. The molecule has 0 aromatic heterocycles. The average molecular weight is 541 g/mol. The second kappa shape index (κ2) is 11.6. The minimum absolute atomic E-state index is 0.0199. The van der Waals surface area contributed by atoms with Crippen molar-refractivity contribution in [2.45, 2.75) is 89.1 Å². The summed E-state index contributed by atoms with van der Waals surface area (Å²) in [6.45, 7) is 7.42. The molecule has 206 valence electrons. The summed E-state index contributed by atoms with van der Waals surface area (Å²) >= 11 is 0. The average Bonchev–Trinajstić information content (AvgIpc) is 3.39. The van der Waals surface area contributed by atoms with Crippen LogP contribution < -0.4 is 4.72 Å². The Bertz CT molecular complexity index is 1220. The highest BCUT2D eigenvalue weighted by atomic mass is 32.2. The van der Waals surface area contributed by atoms with Gasteiger partial charge >= 0.3 is 5.97 Å². The monoisotopic (exact) mass is 540 g/mol. The largest absolute Gasteiger partial charge is 0.481 e. The number of benzene rings is 2. The molecule has 2 fully saturated rings. The fraction of sp³-hybridized carbons (Fsp3) is 0.533. The molecule has 1 saturated heterocycles. The van der Waals surface area contributed by atoms with Crippen LogP contribution in [0.4, 0.5) is 0 Å². The van der Waals surface area contributed by atoms with Crippen LogP contribution in [0.25, 0.3) is 11.1 Å². The molecule has 4 rings (SSSR count). The second-order valence-corrected chi connectivity index (χ2v) is 13.6. The van der Waals surface area contributed by atoms with Gasteiger partial charge in [-0.25, -0.2) is 13.1 Å². The number of sulfonamides is 1. The highest BCUT2D eigenvalue weighted by Gasteiger charge is 2.40. The molecule has 8 heteroatoms. The van der Waals surface area contributed by atoms with Crippen LogP contribution >= 0.6 is 0 Å². The molecular formula is C30H40N2O5S. The maximum Gasteiger partial charge on any atom is 0.303 e. The topological polar surface area (TPSA) is 104 Å². The maximum absolute atomic E-state index is 13.3. The maximum atomic E-state index is 13.3. The summed E-state index contributed by atoms with van der Waals surface area (Å²) in [6, 6.07) is 14.6. The minimum atomic E-state index is -3.66. The summed E-state index contributed by atoms with van der Waals surface area (Å²) in [6.07, 6.45) is 5.42. The Morgan fingerprint density at radius 3 is 2.05 bits per heavy atom. The fourth-order valence-electron chi connectivity index (χ4n) is 5.85. The summed E-state index contributed by atoms with van der Waals surface area (Å²) in [5, 5.41) is 8.84. The Balaban J connectivity index is 1.32. The number of amides is 1. The number of aryl methyl sites for hydroxylation is 1. The predicted molar refractivity (Wildman–Crippen MR) is 148 cm³/mol. The van der Waals surface area contributed by atoms with E-state index >= 15 is 0 Å². The number of nitrogens with one attached hydrogen (secondary N) is 1. The van der Waals surface area contributed by atoms with Gasteiger partial charge < -0.3 is 10.0 Å². The summed E-state index contributed by atoms with van der Waals surface area (Å²) in [7, 11) is -3.66. The van der Waals surface area contributed by atoms with Crippen molar-refractivity contribution in [3.05, 3.63) is 54.1 Å². The molecule has 1 saturated carbocycles. The zero-order valence-electron chi connectivity index (χ0n) is 22.7. The van der Waals surface area contributed by atoms with E-state index in [0.717, 1.165) is 36.1 Å². The zero-order valence-corrected chi connectivity index (χ0v) is 23.5. The van der Waals surface area contributed by atoms with Gasteiger partial charge in [-0.3, -0.25) is 9.59 Å². The molecule has 1 amide bonds. The Kier molecular flexibility index (Phi) is 8.62. The third-order valence-electron chi connectivity index (χ3n) is 8.01. The summed E-state index contributed by atoms with van der Waals surface area (Å²) in [5.74, 6) is -0.597. The molecule has 2 aromatic rings. The highest BCUT2D eigenvalue weighted by molar-refractivity contribution is 7.89. The van der Waals surface area contributed by atoms with Crippen LogP contribution in [0.5, 0.6) is 0 Å². The summed E-state index contributed by atoms with van der Waals surface area (Å²) in [5.41, 5.74) is 2.85. The van der Waals surface area contributed by atoms with E-state index in [-0.39, 0.29) is 40.6 Å². The molecule has 2 aliphatic rings. The van der Waals surface area contributed by atoms with Crippen LogP contribution in [0.15, 0.2) is 53.4 Å². The SMILES string of the molecule is CC(C)(C)C1CCCN1C(=O)[C@H]1CC[C@H](NS(=O)(=O)c2ccc(-c3ccc(CCC(=O)O)cc3)cc2)CC1. The smallest absolute Gasteiger partial charge is 0.303 e. The number of carbonyl (C=O) groups excluding carboxylic acids is 1. The van der Waals surface area contributed by atoms with Gasteiger partial charge in [0.25, 0.3) is 0 Å². The first-order valence-corrected chi connectivity index (χ1v) is 15.2. The van der Waals surface area contributed by atoms with Crippen molar-refractivity contribution in [3.63, 3.8) is 0 Å². The van der Waals surface area contributed by atoms with Gasteiger partial charge in [-0.2, -0.15) is 0 Å². The molecule has 0 radical (unpaired) electrons. The lowest BCUT2D eigenvalue weighted by Gasteiger charge is -2.38. The number of likely N-dealkylation sites (tertiary alicyclic amines) is 1. The summed E-state index contributed by atoms with van der Waals surface area (Å²) < 4.78 is 29.0. The molecule has 0 bridgehead atoms. The number of hydrogen-bond acceptors (Lipinski definition) is 4. The standard InChI is InChI=1S/C30H40N2O5S/c1-30(2,3)27-5-4-20-32(27)29(35)24-11-15-25(16-12-24)31-38(36,37)26-17-13-23(14-18-26)22-9-6-21(7-10-22)8-19-28(33)34/h6-7,9-10,13-14,17-18,24-25,27,31H,4-5,8,11-12,15-16,19-20H2,1-3H3,(H,33,34)/t24-,25-,27?. The lowest BCUT2D eigenvalue weighted by Crippen LogP contribution is -2.47. The predicted octanol–water partition coefficient (Wildman–Crippen LogP) is 5.25. The van der Waals surface area contributed by atoms with Gasteiger partial charge in [0, 0.05) is 31.0 Å². The van der Waals surface area contributed by atoms with Crippen molar-refractivity contribution >= 4 is 21.9 Å². The second-order valence-electron chi connectivity index (χ2n) is 11.8. The molecule has 0 spiro atoms. The molecule has 1 unspecified atom stereocenters. The Hall–Kier alpha value is -2.71. The third-order valence-corrected chi connectivity index (χ3v) is 9.55. The Morgan fingerprint density at radius 2 is 1.50 bits per heavy atom. The van der Waals surface area contributed by atoms with Gasteiger partial charge in [0.05, 0.1) is 4.90 Å². The molecule has 38 heavy (non-hydrogen) atoms. The quantitative estimate of drug-likeness (QED) is 0.476. The molecule has 1 aliphatic heterocycles. The molecule has 1 atom stereocenters. The molecule has 1 aliphatic carbocycles. The van der Waals surface area contributed by atoms with Crippen molar-refractivity contribution < 1.29 is 23.1 Å². The molecular weight excluding hydrogens is 500 g/mol. The van der Waals surface area contributed by atoms with Gasteiger partial charge in [-0.15, -0.1) is 0 Å². The van der Waals surface area contributed by atoms with E-state index in [1.54, 1.807) is 24.3 Å². The van der Waals surface area contributed by atoms with Crippen LogP contribution in [0.3, 0.4) is 0 Å². The number of carbonyl (C=O) groups is 2. The zero-order chi connectivity index (χ0) is 27.5. The van der Waals surface area contributed by atoms with Crippen molar-refractivity contribution in [1.82, 2.24) is 9.62 Å². The van der Waals surface area contributed by atoms with E-state index in [0.29, 0.717) is 32.1 Å².